The highest BCUT2D eigenvalue weighted by Gasteiger charge is 2.39. The zero-order valence-corrected chi connectivity index (χ0v) is 15.7. The van der Waals surface area contributed by atoms with E-state index in [4.69, 9.17) is 13.3 Å². The van der Waals surface area contributed by atoms with Gasteiger partial charge in [0, 0.05) is 44.3 Å². The molecule has 0 aromatic heterocycles. The lowest BCUT2D eigenvalue weighted by molar-refractivity contribution is -0.109. The van der Waals surface area contributed by atoms with Gasteiger partial charge in [0.1, 0.15) is 0 Å². The maximum absolute atomic E-state index is 10.8. The maximum atomic E-state index is 10.8. The molecule has 0 radical (unpaired) electrons. The van der Waals surface area contributed by atoms with Crippen molar-refractivity contribution in [3.8, 4) is 0 Å². The first kappa shape index (κ1) is 20.5. The van der Waals surface area contributed by atoms with Crippen molar-refractivity contribution in [2.75, 3.05) is 37.1 Å². The predicted octanol–water partition coefficient (Wildman–Crippen LogP) is 3.44. The molecule has 0 bridgehead atoms. The van der Waals surface area contributed by atoms with Gasteiger partial charge in [0.2, 0.25) is 0 Å². The molecular formula is C13H28O4S2Si. The van der Waals surface area contributed by atoms with Gasteiger partial charge in [-0.05, 0) is 32.9 Å². The summed E-state index contributed by atoms with van der Waals surface area (Å²) in [5.41, 5.74) is 0. The SMILES string of the molecule is CCO[Si](CCCSCCSC(C)=O)(OCC)OCC. The number of rotatable bonds is 13. The highest BCUT2D eigenvalue weighted by molar-refractivity contribution is 8.14. The normalized spacial score (nSPS) is 11.8. The molecule has 0 N–H and O–H groups in total. The maximum Gasteiger partial charge on any atom is 0.500 e. The van der Waals surface area contributed by atoms with E-state index < -0.39 is 8.80 Å². The number of carbonyl (C=O) groups is 1. The Kier molecular flexibility index (Phi) is 13.5. The lowest BCUT2D eigenvalue weighted by Gasteiger charge is -2.28. The van der Waals surface area contributed by atoms with Crippen molar-refractivity contribution in [1.29, 1.82) is 0 Å². The summed E-state index contributed by atoms with van der Waals surface area (Å²) in [4.78, 5) is 10.8. The Balaban J connectivity index is 3.91. The average Bonchev–Trinajstić information content (AvgIpc) is 2.38. The molecule has 7 heteroatoms. The third-order valence-corrected chi connectivity index (χ3v) is 7.69. The second kappa shape index (κ2) is 13.2. The summed E-state index contributed by atoms with van der Waals surface area (Å²) >= 11 is 3.27. The zero-order chi connectivity index (χ0) is 15.3. The van der Waals surface area contributed by atoms with Gasteiger partial charge in [-0.15, -0.1) is 0 Å². The Bertz CT molecular complexity index is 238. The Morgan fingerprint density at radius 1 is 0.950 bits per heavy atom. The van der Waals surface area contributed by atoms with Crippen LogP contribution in [-0.2, 0) is 18.1 Å². The smallest absolute Gasteiger partial charge is 0.374 e. The molecule has 0 aliphatic rings. The van der Waals surface area contributed by atoms with E-state index in [1.807, 2.05) is 32.5 Å². The van der Waals surface area contributed by atoms with Crippen LogP contribution in [0.25, 0.3) is 0 Å². The van der Waals surface area contributed by atoms with Crippen LogP contribution >= 0.6 is 23.5 Å². The van der Waals surface area contributed by atoms with Crippen LogP contribution in [0.3, 0.4) is 0 Å². The molecule has 0 heterocycles. The van der Waals surface area contributed by atoms with E-state index >= 15 is 0 Å². The summed E-state index contributed by atoms with van der Waals surface area (Å²) in [5, 5.41) is 0.195. The first-order valence-corrected chi connectivity index (χ1v) is 11.3. The molecule has 0 amide bonds. The van der Waals surface area contributed by atoms with Crippen LogP contribution in [0.4, 0.5) is 0 Å². The number of hydrogen-bond acceptors (Lipinski definition) is 6. The van der Waals surface area contributed by atoms with Crippen molar-refractivity contribution in [1.82, 2.24) is 0 Å². The second-order valence-corrected chi connectivity index (χ2v) is 9.27. The van der Waals surface area contributed by atoms with Gasteiger partial charge in [-0.3, -0.25) is 4.79 Å². The topological polar surface area (TPSA) is 44.8 Å². The minimum atomic E-state index is -2.45. The summed E-state index contributed by atoms with van der Waals surface area (Å²) in [6.45, 7) is 9.45. The zero-order valence-electron chi connectivity index (χ0n) is 13.1. The van der Waals surface area contributed by atoms with E-state index in [0.717, 1.165) is 29.7 Å². The monoisotopic (exact) mass is 340 g/mol. The Morgan fingerprint density at radius 2 is 1.50 bits per heavy atom. The Morgan fingerprint density at radius 3 is 1.95 bits per heavy atom. The Hall–Kier alpha value is 0.467. The molecule has 0 rings (SSSR count). The third kappa shape index (κ3) is 10.2. The molecular weight excluding hydrogens is 312 g/mol. The van der Waals surface area contributed by atoms with Crippen LogP contribution in [0.15, 0.2) is 0 Å². The molecule has 120 valence electrons. The van der Waals surface area contributed by atoms with Crippen molar-refractivity contribution in [2.24, 2.45) is 0 Å². The molecule has 0 fully saturated rings. The van der Waals surface area contributed by atoms with E-state index in [1.54, 1.807) is 6.92 Å². The minimum absolute atomic E-state index is 0.195. The summed E-state index contributed by atoms with van der Waals surface area (Å²) < 4.78 is 17.4. The van der Waals surface area contributed by atoms with Crippen molar-refractivity contribution in [2.45, 2.75) is 40.2 Å². The Labute approximate surface area is 133 Å². The fourth-order valence-corrected chi connectivity index (χ4v) is 6.25. The number of hydrogen-bond donors (Lipinski definition) is 0. The molecule has 0 aliphatic heterocycles. The molecule has 0 spiro atoms. The molecule has 20 heavy (non-hydrogen) atoms. The highest BCUT2D eigenvalue weighted by atomic mass is 32.2. The highest BCUT2D eigenvalue weighted by Crippen LogP contribution is 2.20. The molecule has 0 saturated carbocycles. The quantitative estimate of drug-likeness (QED) is 0.378. The van der Waals surface area contributed by atoms with Crippen LogP contribution in [0.2, 0.25) is 6.04 Å². The van der Waals surface area contributed by atoms with Crippen molar-refractivity contribution in [3.05, 3.63) is 0 Å². The first-order chi connectivity index (χ1) is 9.60. The van der Waals surface area contributed by atoms with Crippen LogP contribution in [-0.4, -0.2) is 51.0 Å². The van der Waals surface area contributed by atoms with Gasteiger partial charge in [0.15, 0.2) is 5.12 Å². The van der Waals surface area contributed by atoms with Gasteiger partial charge >= 0.3 is 8.80 Å². The summed E-state index contributed by atoms with van der Waals surface area (Å²) in [5.74, 6) is 2.96. The summed E-state index contributed by atoms with van der Waals surface area (Å²) in [6, 6.07) is 0.870. The molecule has 4 nitrogen and oxygen atoms in total. The van der Waals surface area contributed by atoms with Crippen LogP contribution < -0.4 is 0 Å². The van der Waals surface area contributed by atoms with Crippen LogP contribution in [0, 0.1) is 0 Å². The standard InChI is InChI=1S/C13H28O4S2Si/c1-5-15-20(16-6-2,17-7-3)12-8-9-18-10-11-19-13(4)14/h5-12H2,1-4H3. The van der Waals surface area contributed by atoms with Crippen molar-refractivity contribution >= 4 is 37.4 Å². The van der Waals surface area contributed by atoms with Crippen LogP contribution in [0.5, 0.6) is 0 Å². The molecule has 0 aromatic rings. The van der Waals surface area contributed by atoms with Gasteiger partial charge < -0.3 is 13.3 Å². The second-order valence-electron chi connectivity index (χ2n) is 4.04. The van der Waals surface area contributed by atoms with Gasteiger partial charge in [0.05, 0.1) is 0 Å². The van der Waals surface area contributed by atoms with E-state index in [0.29, 0.717) is 19.8 Å². The van der Waals surface area contributed by atoms with E-state index in [2.05, 4.69) is 0 Å². The van der Waals surface area contributed by atoms with Gasteiger partial charge in [0.25, 0.3) is 0 Å². The van der Waals surface area contributed by atoms with E-state index in [1.165, 1.54) is 11.8 Å². The van der Waals surface area contributed by atoms with E-state index in [9.17, 15) is 4.79 Å². The lowest BCUT2D eigenvalue weighted by Crippen LogP contribution is -2.46. The third-order valence-electron chi connectivity index (χ3n) is 2.40. The van der Waals surface area contributed by atoms with Crippen molar-refractivity contribution in [3.63, 3.8) is 0 Å². The van der Waals surface area contributed by atoms with Gasteiger partial charge in [-0.25, -0.2) is 0 Å². The molecule has 0 atom stereocenters. The predicted molar refractivity (Wildman–Crippen MR) is 90.5 cm³/mol. The van der Waals surface area contributed by atoms with Crippen molar-refractivity contribution < 1.29 is 18.1 Å². The first-order valence-electron chi connectivity index (χ1n) is 7.23. The summed E-state index contributed by atoms with van der Waals surface area (Å²) in [6.07, 6.45) is 1.03. The van der Waals surface area contributed by atoms with Gasteiger partial charge in [-0.1, -0.05) is 11.8 Å². The minimum Gasteiger partial charge on any atom is -0.374 e. The molecule has 0 aliphatic carbocycles. The number of thioether (sulfide) groups is 2. The summed E-state index contributed by atoms with van der Waals surface area (Å²) in [7, 11) is -2.45. The van der Waals surface area contributed by atoms with Gasteiger partial charge in [-0.2, -0.15) is 11.8 Å². The van der Waals surface area contributed by atoms with E-state index in [-0.39, 0.29) is 5.12 Å². The largest absolute Gasteiger partial charge is 0.500 e. The lowest BCUT2D eigenvalue weighted by atomic mass is 10.6. The number of carbonyl (C=O) groups excluding carboxylic acids is 1. The molecule has 0 saturated heterocycles. The average molecular weight is 341 g/mol. The molecule has 0 unspecified atom stereocenters. The fraction of sp³-hybridized carbons (Fsp3) is 0.923. The fourth-order valence-electron chi connectivity index (χ4n) is 1.74. The van der Waals surface area contributed by atoms with Crippen LogP contribution in [0.1, 0.15) is 34.1 Å². The molecule has 0 aromatic carbocycles.